The van der Waals surface area contributed by atoms with E-state index < -0.39 is 0 Å². The van der Waals surface area contributed by atoms with Crippen molar-refractivity contribution in [1.82, 2.24) is 15.2 Å². The summed E-state index contributed by atoms with van der Waals surface area (Å²) in [6.07, 6.45) is 3.20. The van der Waals surface area contributed by atoms with E-state index in [0.717, 1.165) is 49.1 Å². The zero-order chi connectivity index (χ0) is 13.2. The summed E-state index contributed by atoms with van der Waals surface area (Å²) in [6.45, 7) is 8.90. The number of piperazine rings is 1. The fourth-order valence-electron chi connectivity index (χ4n) is 3.00. The summed E-state index contributed by atoms with van der Waals surface area (Å²) in [5.74, 6) is 1.10. The van der Waals surface area contributed by atoms with Gasteiger partial charge in [-0.15, -0.1) is 0 Å². The van der Waals surface area contributed by atoms with E-state index in [4.69, 9.17) is 0 Å². The zero-order valence-electron chi connectivity index (χ0n) is 11.4. The third kappa shape index (κ3) is 2.78. The van der Waals surface area contributed by atoms with E-state index in [0.29, 0.717) is 0 Å². The molecule has 0 bridgehead atoms. The highest BCUT2D eigenvalue weighted by molar-refractivity contribution is 9.10. The molecule has 0 aromatic carbocycles. The lowest BCUT2D eigenvalue weighted by molar-refractivity contribution is 0.196. The number of aryl methyl sites for hydroxylation is 1. The van der Waals surface area contributed by atoms with Crippen molar-refractivity contribution in [2.45, 2.75) is 19.4 Å². The molecule has 0 spiro atoms. The lowest BCUT2D eigenvalue weighted by Crippen LogP contribution is -2.51. The van der Waals surface area contributed by atoms with Crippen LogP contribution < -0.4 is 10.2 Å². The number of rotatable bonds is 2. The van der Waals surface area contributed by atoms with Crippen molar-refractivity contribution < 1.29 is 0 Å². The zero-order valence-corrected chi connectivity index (χ0v) is 13.0. The van der Waals surface area contributed by atoms with E-state index in [2.05, 4.69) is 43.0 Å². The van der Waals surface area contributed by atoms with Crippen LogP contribution in [0.3, 0.4) is 0 Å². The minimum absolute atomic E-state index is 0.746. The van der Waals surface area contributed by atoms with Crippen LogP contribution in [0.25, 0.3) is 0 Å². The van der Waals surface area contributed by atoms with E-state index in [1.54, 1.807) is 0 Å². The van der Waals surface area contributed by atoms with Crippen molar-refractivity contribution in [3.8, 4) is 0 Å². The topological polar surface area (TPSA) is 31.4 Å². The Hall–Kier alpha value is -0.650. The van der Waals surface area contributed by atoms with Gasteiger partial charge in [0.1, 0.15) is 5.82 Å². The minimum atomic E-state index is 0.746. The molecule has 0 aliphatic carbocycles. The molecule has 2 aliphatic rings. The standard InChI is InChI=1S/C14H21BrN4/c1-11-2-5-17-14(13(11)15)19-8-6-18(7-9-19)12-3-4-16-10-12/h2,5,12,16H,3-4,6-10H2,1H3. The number of pyridine rings is 1. The molecule has 1 aromatic rings. The van der Waals surface area contributed by atoms with Gasteiger partial charge in [0.2, 0.25) is 0 Å². The van der Waals surface area contributed by atoms with E-state index in [1.165, 1.54) is 18.5 Å². The third-order valence-electron chi connectivity index (χ3n) is 4.23. The van der Waals surface area contributed by atoms with Crippen molar-refractivity contribution in [2.75, 3.05) is 44.2 Å². The SMILES string of the molecule is Cc1ccnc(N2CCN(C3CCNC3)CC2)c1Br. The Morgan fingerprint density at radius 2 is 2.11 bits per heavy atom. The van der Waals surface area contributed by atoms with Gasteiger partial charge in [-0.2, -0.15) is 0 Å². The maximum atomic E-state index is 4.53. The van der Waals surface area contributed by atoms with Crippen LogP contribution in [-0.2, 0) is 0 Å². The van der Waals surface area contributed by atoms with Gasteiger partial charge in [-0.3, -0.25) is 4.90 Å². The first kappa shape index (κ1) is 13.3. The van der Waals surface area contributed by atoms with Crippen LogP contribution >= 0.6 is 15.9 Å². The quantitative estimate of drug-likeness (QED) is 0.896. The third-order valence-corrected chi connectivity index (χ3v) is 5.21. The van der Waals surface area contributed by atoms with Gasteiger partial charge in [-0.1, -0.05) is 0 Å². The maximum Gasteiger partial charge on any atom is 0.143 e. The molecule has 3 heterocycles. The summed E-state index contributed by atoms with van der Waals surface area (Å²) in [5, 5.41) is 3.45. The molecule has 104 valence electrons. The minimum Gasteiger partial charge on any atom is -0.353 e. The van der Waals surface area contributed by atoms with Gasteiger partial charge in [0.15, 0.2) is 0 Å². The molecule has 1 unspecified atom stereocenters. The Bertz CT molecular complexity index is 437. The molecule has 0 radical (unpaired) electrons. The molecule has 3 rings (SSSR count). The summed E-state index contributed by atoms with van der Waals surface area (Å²) in [4.78, 5) is 9.56. The first-order valence-electron chi connectivity index (χ1n) is 7.06. The van der Waals surface area contributed by atoms with E-state index in [1.807, 2.05) is 12.3 Å². The Balaban J connectivity index is 1.64. The molecule has 5 heteroatoms. The summed E-state index contributed by atoms with van der Waals surface area (Å²) >= 11 is 3.67. The number of nitrogens with zero attached hydrogens (tertiary/aromatic N) is 3. The molecular weight excluding hydrogens is 304 g/mol. The van der Waals surface area contributed by atoms with Crippen molar-refractivity contribution in [1.29, 1.82) is 0 Å². The van der Waals surface area contributed by atoms with Crippen molar-refractivity contribution in [3.05, 3.63) is 22.3 Å². The molecule has 2 aliphatic heterocycles. The van der Waals surface area contributed by atoms with Gasteiger partial charge in [0.05, 0.1) is 4.47 Å². The normalized spacial score (nSPS) is 24.9. The monoisotopic (exact) mass is 324 g/mol. The van der Waals surface area contributed by atoms with Crippen LogP contribution in [0.5, 0.6) is 0 Å². The Labute approximate surface area is 123 Å². The fourth-order valence-corrected chi connectivity index (χ4v) is 3.48. The first-order chi connectivity index (χ1) is 9.25. The average Bonchev–Trinajstić information content (AvgIpc) is 2.96. The van der Waals surface area contributed by atoms with Crippen molar-refractivity contribution >= 4 is 21.7 Å². The van der Waals surface area contributed by atoms with Gasteiger partial charge < -0.3 is 10.2 Å². The number of hydrogen-bond donors (Lipinski definition) is 1. The number of halogens is 1. The van der Waals surface area contributed by atoms with Gasteiger partial charge in [0.25, 0.3) is 0 Å². The summed E-state index contributed by atoms with van der Waals surface area (Å²) < 4.78 is 1.14. The largest absolute Gasteiger partial charge is 0.353 e. The lowest BCUT2D eigenvalue weighted by Gasteiger charge is -2.38. The molecule has 1 aromatic heterocycles. The second-order valence-corrected chi connectivity index (χ2v) is 6.23. The highest BCUT2D eigenvalue weighted by Gasteiger charge is 2.27. The molecule has 2 fully saturated rings. The maximum absolute atomic E-state index is 4.53. The molecule has 19 heavy (non-hydrogen) atoms. The highest BCUT2D eigenvalue weighted by atomic mass is 79.9. The Morgan fingerprint density at radius 1 is 1.32 bits per heavy atom. The second kappa shape index (κ2) is 5.77. The molecule has 2 saturated heterocycles. The van der Waals surface area contributed by atoms with E-state index in [-0.39, 0.29) is 0 Å². The van der Waals surface area contributed by atoms with Gasteiger partial charge >= 0.3 is 0 Å². The Morgan fingerprint density at radius 3 is 2.79 bits per heavy atom. The fraction of sp³-hybridized carbons (Fsp3) is 0.643. The van der Waals surface area contributed by atoms with Gasteiger partial charge in [-0.25, -0.2) is 4.98 Å². The number of hydrogen-bond acceptors (Lipinski definition) is 4. The Kier molecular flexibility index (Phi) is 4.05. The number of aromatic nitrogens is 1. The summed E-state index contributed by atoms with van der Waals surface area (Å²) in [5.41, 5.74) is 1.26. The number of anilines is 1. The van der Waals surface area contributed by atoms with Crippen LogP contribution in [0.1, 0.15) is 12.0 Å². The van der Waals surface area contributed by atoms with Crippen molar-refractivity contribution in [3.63, 3.8) is 0 Å². The smallest absolute Gasteiger partial charge is 0.143 e. The van der Waals surface area contributed by atoms with Crippen LogP contribution in [0.15, 0.2) is 16.7 Å². The highest BCUT2D eigenvalue weighted by Crippen LogP contribution is 2.27. The number of nitrogens with one attached hydrogen (secondary N) is 1. The molecule has 0 saturated carbocycles. The van der Waals surface area contributed by atoms with Crippen LogP contribution in [0, 0.1) is 6.92 Å². The first-order valence-corrected chi connectivity index (χ1v) is 7.86. The summed E-state index contributed by atoms with van der Waals surface area (Å²) in [6, 6.07) is 2.80. The van der Waals surface area contributed by atoms with Crippen LogP contribution in [-0.4, -0.2) is 55.2 Å². The summed E-state index contributed by atoms with van der Waals surface area (Å²) in [7, 11) is 0. The van der Waals surface area contributed by atoms with Crippen molar-refractivity contribution in [2.24, 2.45) is 0 Å². The molecule has 4 nitrogen and oxygen atoms in total. The average molecular weight is 325 g/mol. The molecule has 0 amide bonds. The van der Waals surface area contributed by atoms with E-state index in [9.17, 15) is 0 Å². The van der Waals surface area contributed by atoms with Crippen LogP contribution in [0.4, 0.5) is 5.82 Å². The predicted molar refractivity (Wildman–Crippen MR) is 81.7 cm³/mol. The van der Waals surface area contributed by atoms with Crippen LogP contribution in [0.2, 0.25) is 0 Å². The molecule has 1 N–H and O–H groups in total. The molecule has 1 atom stereocenters. The van der Waals surface area contributed by atoms with Gasteiger partial charge in [-0.05, 0) is 47.4 Å². The van der Waals surface area contributed by atoms with E-state index >= 15 is 0 Å². The second-order valence-electron chi connectivity index (χ2n) is 5.44. The van der Waals surface area contributed by atoms with Gasteiger partial charge in [0, 0.05) is 45.0 Å². The molecular formula is C14H21BrN4. The predicted octanol–water partition coefficient (Wildman–Crippen LogP) is 1.64. The lowest BCUT2D eigenvalue weighted by atomic mass is 10.2.